The number of carbonyl (C=O) groups is 1. The fraction of sp³-hybridized carbons (Fsp3) is 0.924. The first-order valence-electron chi connectivity index (χ1n) is 32.7. The minimum atomic E-state index is -1.29. The molecule has 0 aliphatic heterocycles. The molecule has 0 heterocycles. The van der Waals surface area contributed by atoms with Gasteiger partial charge in [0.25, 0.3) is 0 Å². The molecule has 0 rings (SSSR count). The van der Waals surface area contributed by atoms with E-state index in [1.807, 2.05) is 0 Å². The van der Waals surface area contributed by atoms with Crippen LogP contribution in [-0.4, -0.2) is 57.3 Å². The first-order chi connectivity index (χ1) is 35.5. The Morgan fingerprint density at radius 2 is 0.583 bits per heavy atom. The lowest BCUT2D eigenvalue weighted by Crippen LogP contribution is -2.53. The summed E-state index contributed by atoms with van der Waals surface area (Å²) in [4.78, 5) is 12.6. The number of aliphatic hydroxyl groups is 4. The fourth-order valence-electron chi connectivity index (χ4n) is 10.5. The molecule has 0 aromatic heterocycles. The summed E-state index contributed by atoms with van der Waals surface area (Å²) in [5, 5.41) is 44.1. The van der Waals surface area contributed by atoms with Crippen LogP contribution < -0.4 is 5.32 Å². The van der Waals surface area contributed by atoms with E-state index in [9.17, 15) is 25.2 Å². The highest BCUT2D eigenvalue weighted by Crippen LogP contribution is 2.19. The van der Waals surface area contributed by atoms with Crippen molar-refractivity contribution in [1.82, 2.24) is 5.32 Å². The molecule has 0 fully saturated rings. The zero-order chi connectivity index (χ0) is 52.3. The molecule has 1 amide bonds. The molecule has 4 atom stereocenters. The van der Waals surface area contributed by atoms with Crippen molar-refractivity contribution >= 4 is 5.91 Å². The lowest BCUT2D eigenvalue weighted by molar-refractivity contribution is -0.132. The summed E-state index contributed by atoms with van der Waals surface area (Å²) in [5.41, 5.74) is 0. The normalized spacial score (nSPS) is 13.7. The number of hydrogen-bond acceptors (Lipinski definition) is 5. The summed E-state index contributed by atoms with van der Waals surface area (Å²) in [6.45, 7) is 4.09. The van der Waals surface area contributed by atoms with Crippen LogP contribution >= 0.6 is 0 Å². The van der Waals surface area contributed by atoms with E-state index in [0.29, 0.717) is 19.3 Å². The molecule has 0 aromatic carbocycles. The number of carbonyl (C=O) groups excluding carboxylic acids is 1. The molecule has 0 saturated heterocycles. The van der Waals surface area contributed by atoms with Crippen LogP contribution in [0.3, 0.4) is 0 Å². The monoisotopic (exact) mass is 1020 g/mol. The van der Waals surface area contributed by atoms with E-state index in [1.165, 1.54) is 289 Å². The number of amides is 1. The molecule has 428 valence electrons. The molecule has 0 aromatic rings. The van der Waals surface area contributed by atoms with E-state index in [0.717, 1.165) is 38.5 Å². The highest BCUT2D eigenvalue weighted by atomic mass is 16.3. The van der Waals surface area contributed by atoms with Gasteiger partial charge in [0.15, 0.2) is 0 Å². The SMILES string of the molecule is CCCCCCCCCCCCCCCCCCCCCCCCC/C=C/CC/C=C/CCCC(O)C(O)C(CO)NC(=O)C(O)CCCCCCCCCCCCCCCCCCCCCCCCCC. The van der Waals surface area contributed by atoms with Gasteiger partial charge in [0.1, 0.15) is 12.2 Å². The first-order valence-corrected chi connectivity index (χ1v) is 32.7. The molecule has 4 unspecified atom stereocenters. The Labute approximate surface area is 450 Å². The summed E-state index contributed by atoms with van der Waals surface area (Å²) >= 11 is 0. The zero-order valence-electron chi connectivity index (χ0n) is 48.7. The molecular weight excluding hydrogens is 887 g/mol. The maximum atomic E-state index is 12.6. The Morgan fingerprint density at radius 1 is 0.333 bits per heavy atom. The van der Waals surface area contributed by atoms with Gasteiger partial charge in [-0.05, 0) is 51.4 Å². The fourth-order valence-corrected chi connectivity index (χ4v) is 10.5. The summed E-state index contributed by atoms with van der Waals surface area (Å²) in [6, 6.07) is -1.01. The molecule has 0 spiro atoms. The Hall–Kier alpha value is -1.21. The highest BCUT2D eigenvalue weighted by molar-refractivity contribution is 5.80. The van der Waals surface area contributed by atoms with Crippen molar-refractivity contribution in [2.75, 3.05) is 6.61 Å². The summed E-state index contributed by atoms with van der Waals surface area (Å²) in [5.74, 6) is -0.590. The van der Waals surface area contributed by atoms with Crippen LogP contribution in [0.5, 0.6) is 0 Å². The van der Waals surface area contributed by atoms with Crippen molar-refractivity contribution in [1.29, 1.82) is 0 Å². The molecule has 0 bridgehead atoms. The molecule has 0 aliphatic carbocycles. The molecule has 5 N–H and O–H groups in total. The van der Waals surface area contributed by atoms with Crippen LogP contribution in [0.15, 0.2) is 24.3 Å². The third-order valence-electron chi connectivity index (χ3n) is 15.6. The predicted molar refractivity (Wildman–Crippen MR) is 316 cm³/mol. The van der Waals surface area contributed by atoms with Gasteiger partial charge < -0.3 is 25.7 Å². The summed E-state index contributed by atoms with van der Waals surface area (Å²) in [6.07, 6.45) is 75.8. The van der Waals surface area contributed by atoms with Crippen molar-refractivity contribution in [2.45, 2.75) is 385 Å². The van der Waals surface area contributed by atoms with E-state index in [1.54, 1.807) is 0 Å². The second-order valence-corrected chi connectivity index (χ2v) is 22.8. The first kappa shape index (κ1) is 70.8. The average molecular weight is 1020 g/mol. The second kappa shape index (κ2) is 60.7. The lowest BCUT2D eigenvalue weighted by Gasteiger charge is -2.27. The predicted octanol–water partition coefficient (Wildman–Crippen LogP) is 19.8. The van der Waals surface area contributed by atoms with E-state index < -0.39 is 36.9 Å². The third kappa shape index (κ3) is 53.6. The van der Waals surface area contributed by atoms with Gasteiger partial charge in [0.05, 0.1) is 18.8 Å². The van der Waals surface area contributed by atoms with Gasteiger partial charge in [-0.2, -0.15) is 0 Å². The topological polar surface area (TPSA) is 110 Å². The van der Waals surface area contributed by atoms with Crippen LogP contribution in [-0.2, 0) is 4.79 Å². The third-order valence-corrected chi connectivity index (χ3v) is 15.6. The van der Waals surface area contributed by atoms with E-state index in [4.69, 9.17) is 0 Å². The highest BCUT2D eigenvalue weighted by Gasteiger charge is 2.28. The molecular formula is C66H129NO5. The summed E-state index contributed by atoms with van der Waals surface area (Å²) in [7, 11) is 0. The minimum absolute atomic E-state index is 0.365. The van der Waals surface area contributed by atoms with Crippen molar-refractivity contribution in [3.05, 3.63) is 24.3 Å². The minimum Gasteiger partial charge on any atom is -0.394 e. The van der Waals surface area contributed by atoms with E-state index in [2.05, 4.69) is 43.5 Å². The van der Waals surface area contributed by atoms with Crippen LogP contribution in [0, 0.1) is 0 Å². The van der Waals surface area contributed by atoms with E-state index in [-0.39, 0.29) is 0 Å². The maximum absolute atomic E-state index is 12.6. The van der Waals surface area contributed by atoms with Gasteiger partial charge in [-0.15, -0.1) is 0 Å². The van der Waals surface area contributed by atoms with Crippen molar-refractivity contribution in [3.8, 4) is 0 Å². The van der Waals surface area contributed by atoms with Crippen molar-refractivity contribution < 1.29 is 25.2 Å². The smallest absolute Gasteiger partial charge is 0.249 e. The van der Waals surface area contributed by atoms with Crippen LogP contribution in [0.2, 0.25) is 0 Å². The van der Waals surface area contributed by atoms with Gasteiger partial charge in [0, 0.05) is 0 Å². The zero-order valence-corrected chi connectivity index (χ0v) is 48.7. The molecule has 72 heavy (non-hydrogen) atoms. The van der Waals surface area contributed by atoms with Crippen molar-refractivity contribution in [2.24, 2.45) is 0 Å². The average Bonchev–Trinajstić information content (AvgIpc) is 3.39. The Morgan fingerprint density at radius 3 is 0.875 bits per heavy atom. The molecule has 6 heteroatoms. The summed E-state index contributed by atoms with van der Waals surface area (Å²) < 4.78 is 0. The van der Waals surface area contributed by atoms with Crippen LogP contribution in [0.25, 0.3) is 0 Å². The van der Waals surface area contributed by atoms with Gasteiger partial charge >= 0.3 is 0 Å². The molecule has 0 aliphatic rings. The second-order valence-electron chi connectivity index (χ2n) is 22.8. The molecule has 0 radical (unpaired) electrons. The number of aliphatic hydroxyl groups excluding tert-OH is 4. The number of hydrogen-bond donors (Lipinski definition) is 5. The number of allylic oxidation sites excluding steroid dienone is 4. The van der Waals surface area contributed by atoms with Crippen molar-refractivity contribution in [3.63, 3.8) is 0 Å². The number of nitrogens with one attached hydrogen (secondary N) is 1. The maximum Gasteiger partial charge on any atom is 0.249 e. The van der Waals surface area contributed by atoms with Gasteiger partial charge in [-0.1, -0.05) is 334 Å². The number of unbranched alkanes of at least 4 members (excludes halogenated alkanes) is 48. The molecule has 6 nitrogen and oxygen atoms in total. The Bertz CT molecular complexity index is 1100. The lowest BCUT2D eigenvalue weighted by atomic mass is 10.00. The van der Waals surface area contributed by atoms with Gasteiger partial charge in [-0.25, -0.2) is 0 Å². The van der Waals surface area contributed by atoms with Crippen LogP contribution in [0.4, 0.5) is 0 Å². The van der Waals surface area contributed by atoms with Gasteiger partial charge in [0.2, 0.25) is 5.91 Å². The van der Waals surface area contributed by atoms with Gasteiger partial charge in [-0.3, -0.25) is 4.79 Å². The van der Waals surface area contributed by atoms with Crippen LogP contribution in [0.1, 0.15) is 361 Å². The Kier molecular flexibility index (Phi) is 59.6. The molecule has 0 saturated carbocycles. The Balaban J connectivity index is 3.60. The quantitative estimate of drug-likeness (QED) is 0.0308. The standard InChI is InChI=1S/C66H129NO5/c1-3-5-7-9-11-13-15-17-19-21-23-25-27-29-30-31-32-33-34-35-36-38-39-41-43-45-47-49-51-53-55-57-59-63(69)65(71)62(61-68)67-66(72)64(70)60-58-56-54-52-50-48-46-44-42-40-37-28-26-24-22-20-18-16-14-12-10-8-6-4-2/h43,45,51,53,62-65,68-71H,3-42,44,46-50,52,54-61H2,1-2H3,(H,67,72)/b45-43+,53-51+. The number of rotatable bonds is 61. The largest absolute Gasteiger partial charge is 0.394 e. The van der Waals surface area contributed by atoms with E-state index >= 15 is 0 Å².